The summed E-state index contributed by atoms with van der Waals surface area (Å²) >= 11 is 1.65. The molecule has 0 amide bonds. The van der Waals surface area contributed by atoms with Gasteiger partial charge in [0, 0.05) is 0 Å². The molecule has 0 unspecified atom stereocenters. The largest absolute Gasteiger partial charge is 0.481 e. The van der Waals surface area contributed by atoms with Crippen molar-refractivity contribution in [3.8, 4) is 11.7 Å². The summed E-state index contributed by atoms with van der Waals surface area (Å²) in [5.74, 6) is 2.25. The quantitative estimate of drug-likeness (QED) is 0.839. The van der Waals surface area contributed by atoms with Crippen molar-refractivity contribution in [1.29, 1.82) is 0 Å². The first-order valence-electron chi connectivity index (χ1n) is 6.33. The second kappa shape index (κ2) is 5.32. The van der Waals surface area contributed by atoms with Crippen LogP contribution < -0.4 is 0 Å². The molecule has 1 fully saturated rings. The van der Waals surface area contributed by atoms with Crippen molar-refractivity contribution in [3.63, 3.8) is 0 Å². The molecule has 1 N–H and O–H groups in total. The van der Waals surface area contributed by atoms with Gasteiger partial charge in [-0.05, 0) is 36.1 Å². The number of carboxylic acids is 1. The molecule has 0 atom stereocenters. The van der Waals surface area contributed by atoms with E-state index in [1.807, 2.05) is 0 Å². The van der Waals surface area contributed by atoms with Crippen LogP contribution in [0.3, 0.4) is 0 Å². The molecule has 0 saturated heterocycles. The molecule has 0 spiro atoms. The lowest BCUT2D eigenvalue weighted by Crippen LogP contribution is -2.11. The van der Waals surface area contributed by atoms with Crippen LogP contribution >= 0.6 is 11.8 Å². The number of carbonyl (C=O) groups is 1. The Bertz CT molecular complexity index is 589. The van der Waals surface area contributed by atoms with E-state index in [1.165, 1.54) is 0 Å². The molecule has 0 aromatic carbocycles. The van der Waals surface area contributed by atoms with Crippen molar-refractivity contribution in [2.45, 2.75) is 25.0 Å². The van der Waals surface area contributed by atoms with Gasteiger partial charge >= 0.3 is 5.97 Å². The SMILES string of the molecule is O=C(O)CC1(CSCc2noc(-c3ccco3)n2)CC1. The number of rotatable bonds is 7. The minimum Gasteiger partial charge on any atom is -0.481 e. The topological polar surface area (TPSA) is 89.4 Å². The Morgan fingerprint density at radius 2 is 2.35 bits per heavy atom. The fraction of sp³-hybridized carbons (Fsp3) is 0.462. The van der Waals surface area contributed by atoms with Gasteiger partial charge in [-0.1, -0.05) is 5.16 Å². The maximum atomic E-state index is 10.8. The van der Waals surface area contributed by atoms with E-state index in [9.17, 15) is 4.79 Å². The van der Waals surface area contributed by atoms with Crippen LogP contribution in [0.25, 0.3) is 11.7 Å². The number of hydrogen-bond donors (Lipinski definition) is 1. The Morgan fingerprint density at radius 1 is 1.50 bits per heavy atom. The minimum atomic E-state index is -0.720. The summed E-state index contributed by atoms with van der Waals surface area (Å²) in [6.45, 7) is 0. The number of hydrogen-bond acceptors (Lipinski definition) is 6. The summed E-state index contributed by atoms with van der Waals surface area (Å²) < 4.78 is 10.3. The van der Waals surface area contributed by atoms with E-state index in [4.69, 9.17) is 14.0 Å². The molecule has 0 bridgehead atoms. The maximum Gasteiger partial charge on any atom is 0.303 e. The van der Waals surface area contributed by atoms with Crippen LogP contribution in [0.1, 0.15) is 25.1 Å². The fourth-order valence-electron chi connectivity index (χ4n) is 2.04. The second-order valence-electron chi connectivity index (χ2n) is 5.06. The normalized spacial score (nSPS) is 16.2. The van der Waals surface area contributed by atoms with E-state index in [2.05, 4.69) is 10.1 Å². The van der Waals surface area contributed by atoms with Crippen LogP contribution in [0.15, 0.2) is 27.3 Å². The number of thioether (sulfide) groups is 1. The summed E-state index contributed by atoms with van der Waals surface area (Å²) in [7, 11) is 0. The average molecular weight is 294 g/mol. The zero-order valence-corrected chi connectivity index (χ0v) is 11.6. The molecule has 0 radical (unpaired) electrons. The molecule has 1 aliphatic rings. The molecule has 1 aliphatic carbocycles. The Hall–Kier alpha value is -1.76. The molecule has 0 aliphatic heterocycles. The molecule has 20 heavy (non-hydrogen) atoms. The highest BCUT2D eigenvalue weighted by molar-refractivity contribution is 7.98. The molecule has 106 valence electrons. The lowest BCUT2D eigenvalue weighted by atomic mass is 10.1. The van der Waals surface area contributed by atoms with E-state index in [-0.39, 0.29) is 11.8 Å². The van der Waals surface area contributed by atoms with Crippen LogP contribution in [-0.2, 0) is 10.5 Å². The van der Waals surface area contributed by atoms with Gasteiger partial charge in [-0.25, -0.2) is 0 Å². The van der Waals surface area contributed by atoms with Crippen LogP contribution in [0, 0.1) is 5.41 Å². The molecule has 2 aromatic rings. The number of nitrogens with zero attached hydrogens (tertiary/aromatic N) is 2. The van der Waals surface area contributed by atoms with Gasteiger partial charge in [0.15, 0.2) is 11.6 Å². The first-order chi connectivity index (χ1) is 9.67. The number of aromatic nitrogens is 2. The van der Waals surface area contributed by atoms with Gasteiger partial charge in [-0.3, -0.25) is 4.79 Å². The predicted molar refractivity (Wildman–Crippen MR) is 72.1 cm³/mol. The van der Waals surface area contributed by atoms with Gasteiger partial charge in [0.05, 0.1) is 18.4 Å². The third-order valence-electron chi connectivity index (χ3n) is 3.32. The van der Waals surface area contributed by atoms with E-state index in [0.29, 0.717) is 23.2 Å². The molecule has 6 nitrogen and oxygen atoms in total. The number of carboxylic acid groups (broad SMARTS) is 1. The summed E-state index contributed by atoms with van der Waals surface area (Å²) in [4.78, 5) is 15.0. The minimum absolute atomic E-state index is 0.00984. The monoisotopic (exact) mass is 294 g/mol. The average Bonchev–Trinajstić information content (AvgIpc) is 2.86. The van der Waals surface area contributed by atoms with Crippen molar-refractivity contribution in [3.05, 3.63) is 24.2 Å². The molecule has 7 heteroatoms. The lowest BCUT2D eigenvalue weighted by Gasteiger charge is -2.10. The molecular weight excluding hydrogens is 280 g/mol. The van der Waals surface area contributed by atoms with Crippen LogP contribution in [0.2, 0.25) is 0 Å². The first-order valence-corrected chi connectivity index (χ1v) is 7.48. The highest BCUT2D eigenvalue weighted by atomic mass is 32.2. The number of furan rings is 1. The first kappa shape index (κ1) is 13.2. The molecule has 1 saturated carbocycles. The third-order valence-corrected chi connectivity index (χ3v) is 4.60. The lowest BCUT2D eigenvalue weighted by molar-refractivity contribution is -0.138. The molecule has 2 aromatic heterocycles. The maximum absolute atomic E-state index is 10.8. The second-order valence-corrected chi connectivity index (χ2v) is 6.04. The van der Waals surface area contributed by atoms with Crippen LogP contribution in [0.4, 0.5) is 0 Å². The number of aliphatic carboxylic acids is 1. The molecular formula is C13H14N2O4S. The van der Waals surface area contributed by atoms with E-state index >= 15 is 0 Å². The molecule has 2 heterocycles. The fourth-order valence-corrected chi connectivity index (χ4v) is 3.27. The third kappa shape index (κ3) is 3.04. The van der Waals surface area contributed by atoms with Gasteiger partial charge in [0.2, 0.25) is 0 Å². The summed E-state index contributed by atoms with van der Waals surface area (Å²) in [6.07, 6.45) is 3.80. The Morgan fingerprint density at radius 3 is 3.00 bits per heavy atom. The Balaban J connectivity index is 1.51. The van der Waals surface area contributed by atoms with E-state index in [1.54, 1.807) is 30.2 Å². The standard InChI is InChI=1S/C13H14N2O4S/c16-11(17)6-13(3-4-13)8-20-7-10-14-12(19-15-10)9-2-1-5-18-9/h1-2,5H,3-4,6-8H2,(H,16,17). The summed E-state index contributed by atoms with van der Waals surface area (Å²) in [5.41, 5.74) is -0.00984. The zero-order valence-electron chi connectivity index (χ0n) is 10.7. The van der Waals surface area contributed by atoms with Crippen molar-refractivity contribution < 1.29 is 18.8 Å². The highest BCUT2D eigenvalue weighted by Crippen LogP contribution is 2.51. The molecule has 3 rings (SSSR count). The summed E-state index contributed by atoms with van der Waals surface area (Å²) in [5, 5.41) is 12.7. The van der Waals surface area contributed by atoms with Gasteiger partial charge in [-0.15, -0.1) is 0 Å². The Labute approximate surface area is 119 Å². The predicted octanol–water partition coefficient (Wildman–Crippen LogP) is 2.82. The van der Waals surface area contributed by atoms with Crippen molar-refractivity contribution in [2.24, 2.45) is 5.41 Å². The van der Waals surface area contributed by atoms with Crippen molar-refractivity contribution in [1.82, 2.24) is 10.1 Å². The van der Waals surface area contributed by atoms with Gasteiger partial charge in [0.25, 0.3) is 5.89 Å². The van der Waals surface area contributed by atoms with Gasteiger partial charge in [0.1, 0.15) is 0 Å². The highest BCUT2D eigenvalue weighted by Gasteiger charge is 2.44. The van der Waals surface area contributed by atoms with E-state index < -0.39 is 5.97 Å². The van der Waals surface area contributed by atoms with Crippen LogP contribution in [0.5, 0.6) is 0 Å². The Kier molecular flexibility index (Phi) is 3.52. The smallest absolute Gasteiger partial charge is 0.303 e. The van der Waals surface area contributed by atoms with Crippen LogP contribution in [-0.4, -0.2) is 27.0 Å². The van der Waals surface area contributed by atoms with Crippen molar-refractivity contribution >= 4 is 17.7 Å². The van der Waals surface area contributed by atoms with Crippen molar-refractivity contribution in [2.75, 3.05) is 5.75 Å². The zero-order chi connectivity index (χ0) is 14.0. The summed E-state index contributed by atoms with van der Waals surface area (Å²) in [6, 6.07) is 3.52. The van der Waals surface area contributed by atoms with Gasteiger partial charge < -0.3 is 14.0 Å². The van der Waals surface area contributed by atoms with Gasteiger partial charge in [-0.2, -0.15) is 16.7 Å². The van der Waals surface area contributed by atoms with E-state index in [0.717, 1.165) is 18.6 Å².